The molecular formula is C8H9N2O+. The number of nitriles is 1. The zero-order valence-corrected chi connectivity index (χ0v) is 6.50. The maximum Gasteiger partial charge on any atom is 0.383 e. The maximum absolute atomic E-state index is 9.32. The van der Waals surface area contributed by atoms with Gasteiger partial charge in [-0.15, -0.1) is 0 Å². The summed E-state index contributed by atoms with van der Waals surface area (Å²) in [6, 6.07) is 3.72. The third-order valence-corrected chi connectivity index (χ3v) is 1.61. The van der Waals surface area contributed by atoms with Gasteiger partial charge in [0.15, 0.2) is 11.8 Å². The summed E-state index contributed by atoms with van der Waals surface area (Å²) in [5.74, 6) is 0.0208. The smallest absolute Gasteiger partial charge is 0.383 e. The van der Waals surface area contributed by atoms with E-state index >= 15 is 0 Å². The van der Waals surface area contributed by atoms with Gasteiger partial charge in [-0.25, -0.2) is 0 Å². The van der Waals surface area contributed by atoms with Crippen LogP contribution in [0.1, 0.15) is 11.1 Å². The highest BCUT2D eigenvalue weighted by molar-refractivity contribution is 5.40. The SMILES string of the molecule is Cc1cc[n+](C)c(O)c1C#N. The Balaban J connectivity index is 3.44. The molecule has 0 fully saturated rings. The van der Waals surface area contributed by atoms with Crippen LogP contribution in [0.4, 0.5) is 0 Å². The van der Waals surface area contributed by atoms with Crippen molar-refractivity contribution >= 4 is 0 Å². The maximum atomic E-state index is 9.32. The first-order chi connectivity index (χ1) is 5.16. The predicted molar refractivity (Wildman–Crippen MR) is 38.7 cm³/mol. The van der Waals surface area contributed by atoms with Gasteiger partial charge in [0, 0.05) is 6.07 Å². The fraction of sp³-hybridized carbons (Fsp3) is 0.250. The van der Waals surface area contributed by atoms with Crippen LogP contribution in [0.25, 0.3) is 0 Å². The molecule has 3 nitrogen and oxygen atoms in total. The molecule has 1 heterocycles. The molecule has 1 aromatic heterocycles. The number of hydrogen-bond donors (Lipinski definition) is 1. The lowest BCUT2D eigenvalue weighted by molar-refractivity contribution is -0.678. The number of aryl methyl sites for hydroxylation is 2. The molecule has 0 saturated carbocycles. The van der Waals surface area contributed by atoms with Crippen LogP contribution in [0.15, 0.2) is 12.3 Å². The molecule has 0 aliphatic carbocycles. The van der Waals surface area contributed by atoms with Gasteiger partial charge in [0.05, 0.1) is 0 Å². The molecule has 0 radical (unpaired) electrons. The average Bonchev–Trinajstić information content (AvgIpc) is 1.99. The van der Waals surface area contributed by atoms with Gasteiger partial charge in [-0.1, -0.05) is 0 Å². The Bertz CT molecular complexity index is 326. The van der Waals surface area contributed by atoms with E-state index in [9.17, 15) is 5.11 Å². The summed E-state index contributed by atoms with van der Waals surface area (Å²) in [5, 5.41) is 17.9. The molecule has 56 valence electrons. The summed E-state index contributed by atoms with van der Waals surface area (Å²) in [5.41, 5.74) is 1.14. The second-order valence-electron chi connectivity index (χ2n) is 2.42. The van der Waals surface area contributed by atoms with Gasteiger partial charge in [0.2, 0.25) is 0 Å². The third kappa shape index (κ3) is 1.15. The van der Waals surface area contributed by atoms with E-state index in [1.807, 2.05) is 6.07 Å². The van der Waals surface area contributed by atoms with Crippen LogP contribution >= 0.6 is 0 Å². The van der Waals surface area contributed by atoms with Gasteiger partial charge in [0.1, 0.15) is 13.1 Å². The molecule has 0 saturated heterocycles. The molecule has 0 atom stereocenters. The number of rotatable bonds is 0. The third-order valence-electron chi connectivity index (χ3n) is 1.61. The first-order valence-corrected chi connectivity index (χ1v) is 3.25. The zero-order valence-electron chi connectivity index (χ0n) is 6.50. The number of hydrogen-bond acceptors (Lipinski definition) is 2. The Morgan fingerprint density at radius 1 is 1.64 bits per heavy atom. The lowest BCUT2D eigenvalue weighted by Crippen LogP contribution is -2.28. The summed E-state index contributed by atoms with van der Waals surface area (Å²) in [6.07, 6.45) is 1.71. The summed E-state index contributed by atoms with van der Waals surface area (Å²) >= 11 is 0. The molecule has 0 aliphatic rings. The van der Waals surface area contributed by atoms with Crippen LogP contribution in [0, 0.1) is 18.3 Å². The molecule has 3 heteroatoms. The van der Waals surface area contributed by atoms with Crippen LogP contribution < -0.4 is 4.57 Å². The average molecular weight is 149 g/mol. The first-order valence-electron chi connectivity index (χ1n) is 3.25. The number of pyridine rings is 1. The highest BCUT2D eigenvalue weighted by Gasteiger charge is 2.13. The number of nitrogens with zero attached hydrogens (tertiary/aromatic N) is 2. The highest BCUT2D eigenvalue weighted by atomic mass is 16.3. The van der Waals surface area contributed by atoms with Crippen molar-refractivity contribution in [1.82, 2.24) is 0 Å². The van der Waals surface area contributed by atoms with Gasteiger partial charge in [-0.3, -0.25) is 0 Å². The van der Waals surface area contributed by atoms with E-state index in [-0.39, 0.29) is 5.88 Å². The minimum atomic E-state index is 0.0208. The van der Waals surface area contributed by atoms with E-state index in [1.54, 1.807) is 26.2 Å². The number of aromatic nitrogens is 1. The largest absolute Gasteiger partial charge is 0.459 e. The molecule has 11 heavy (non-hydrogen) atoms. The van der Waals surface area contributed by atoms with E-state index in [4.69, 9.17) is 5.26 Å². The molecule has 0 amide bonds. The topological polar surface area (TPSA) is 47.9 Å². The fourth-order valence-corrected chi connectivity index (χ4v) is 0.868. The zero-order chi connectivity index (χ0) is 8.43. The molecule has 0 aromatic carbocycles. The Hall–Kier alpha value is -1.56. The van der Waals surface area contributed by atoms with Crippen LogP contribution in [0.3, 0.4) is 0 Å². The Labute approximate surface area is 65.1 Å². The molecule has 0 bridgehead atoms. The quantitative estimate of drug-likeness (QED) is 0.543. The van der Waals surface area contributed by atoms with Crippen molar-refractivity contribution < 1.29 is 9.67 Å². The van der Waals surface area contributed by atoms with Gasteiger partial charge >= 0.3 is 5.88 Å². The van der Waals surface area contributed by atoms with E-state index in [0.717, 1.165) is 5.56 Å². The van der Waals surface area contributed by atoms with Gasteiger partial charge in [-0.05, 0) is 12.5 Å². The predicted octanol–water partition coefficient (Wildman–Crippen LogP) is 0.397. The van der Waals surface area contributed by atoms with Crippen molar-refractivity contribution in [2.24, 2.45) is 7.05 Å². The summed E-state index contributed by atoms with van der Waals surface area (Å²) in [6.45, 7) is 1.79. The minimum Gasteiger partial charge on any atom is -0.459 e. The van der Waals surface area contributed by atoms with Gasteiger partial charge in [-0.2, -0.15) is 9.83 Å². The molecule has 1 N–H and O–H groups in total. The lowest BCUT2D eigenvalue weighted by atomic mass is 10.2. The molecule has 1 aromatic rings. The van der Waals surface area contributed by atoms with Crippen molar-refractivity contribution in [3.8, 4) is 11.9 Å². The molecule has 0 aliphatic heterocycles. The van der Waals surface area contributed by atoms with Crippen LogP contribution in [-0.2, 0) is 7.05 Å². The Morgan fingerprint density at radius 3 is 2.73 bits per heavy atom. The molecular weight excluding hydrogens is 140 g/mol. The summed E-state index contributed by atoms with van der Waals surface area (Å²) in [4.78, 5) is 0. The standard InChI is InChI=1S/C8H8N2O/c1-6-3-4-10(2)8(11)7(6)5-9/h3-4H,1-2H3/p+1. The van der Waals surface area contributed by atoms with Crippen LogP contribution in [-0.4, -0.2) is 5.11 Å². The second kappa shape index (κ2) is 2.59. The molecule has 1 rings (SSSR count). The minimum absolute atomic E-state index is 0.0208. The monoisotopic (exact) mass is 149 g/mol. The van der Waals surface area contributed by atoms with Crippen molar-refractivity contribution in [1.29, 1.82) is 5.26 Å². The van der Waals surface area contributed by atoms with Gasteiger partial charge < -0.3 is 5.11 Å². The van der Waals surface area contributed by atoms with Crippen molar-refractivity contribution in [3.05, 3.63) is 23.4 Å². The first kappa shape index (κ1) is 7.55. The van der Waals surface area contributed by atoms with Crippen molar-refractivity contribution in [3.63, 3.8) is 0 Å². The summed E-state index contributed by atoms with van der Waals surface area (Å²) < 4.78 is 1.51. The van der Waals surface area contributed by atoms with Gasteiger partial charge in [0.25, 0.3) is 0 Å². The number of aromatic hydroxyl groups is 1. The highest BCUT2D eigenvalue weighted by Crippen LogP contribution is 2.12. The normalized spacial score (nSPS) is 9.18. The van der Waals surface area contributed by atoms with Crippen molar-refractivity contribution in [2.45, 2.75) is 6.92 Å². The van der Waals surface area contributed by atoms with E-state index < -0.39 is 0 Å². The Kier molecular flexibility index (Phi) is 1.77. The van der Waals surface area contributed by atoms with Crippen LogP contribution in [0.5, 0.6) is 5.88 Å². The second-order valence-corrected chi connectivity index (χ2v) is 2.42. The fourth-order valence-electron chi connectivity index (χ4n) is 0.868. The Morgan fingerprint density at radius 2 is 2.27 bits per heavy atom. The summed E-state index contributed by atoms with van der Waals surface area (Å²) in [7, 11) is 1.69. The molecule has 0 unspecified atom stereocenters. The lowest BCUT2D eigenvalue weighted by Gasteiger charge is -1.95. The van der Waals surface area contributed by atoms with Crippen LogP contribution in [0.2, 0.25) is 0 Å². The van der Waals surface area contributed by atoms with E-state index in [1.165, 1.54) is 4.57 Å². The van der Waals surface area contributed by atoms with E-state index in [2.05, 4.69) is 0 Å². The molecule has 0 spiro atoms. The van der Waals surface area contributed by atoms with E-state index in [0.29, 0.717) is 5.56 Å². The van der Waals surface area contributed by atoms with Crippen molar-refractivity contribution in [2.75, 3.05) is 0 Å².